The van der Waals surface area contributed by atoms with E-state index in [2.05, 4.69) is 20.0 Å². The van der Waals surface area contributed by atoms with E-state index in [0.717, 1.165) is 0 Å². The number of nitrogens with two attached hydrogens (primary N) is 1. The molecule has 0 bridgehead atoms. The smallest absolute Gasteiger partial charge is 0.305 e. The second kappa shape index (κ2) is 5.21. The zero-order chi connectivity index (χ0) is 12.1. The monoisotopic (exact) mass is 228 g/mol. The normalized spacial score (nSPS) is 12.1. The Hall–Kier alpha value is -1.96. The first kappa shape index (κ1) is 12.1. The second-order valence-electron chi connectivity index (χ2n) is 3.15. The van der Waals surface area contributed by atoms with Crippen LogP contribution in [-0.4, -0.2) is 33.2 Å². The maximum Gasteiger partial charge on any atom is 0.305 e. The van der Waals surface area contributed by atoms with Gasteiger partial charge in [0.25, 0.3) is 0 Å². The van der Waals surface area contributed by atoms with Crippen molar-refractivity contribution in [3.05, 3.63) is 11.7 Å². The molecule has 0 aliphatic rings. The van der Waals surface area contributed by atoms with Crippen molar-refractivity contribution >= 4 is 11.9 Å². The first-order chi connectivity index (χ1) is 7.49. The van der Waals surface area contributed by atoms with Crippen molar-refractivity contribution in [1.82, 2.24) is 15.5 Å². The molecule has 0 aliphatic heterocycles. The molecule has 1 amide bonds. The lowest BCUT2D eigenvalue weighted by molar-refractivity contribution is -0.139. The first-order valence-corrected chi connectivity index (χ1v) is 4.53. The van der Waals surface area contributed by atoms with Gasteiger partial charge in [0.15, 0.2) is 5.82 Å². The zero-order valence-electron chi connectivity index (χ0n) is 8.64. The third kappa shape index (κ3) is 3.65. The minimum Gasteiger partial charge on any atom is -0.481 e. The van der Waals surface area contributed by atoms with E-state index in [1.165, 1.54) is 0 Å². The van der Waals surface area contributed by atoms with Gasteiger partial charge < -0.3 is 20.7 Å². The van der Waals surface area contributed by atoms with Gasteiger partial charge in [0, 0.05) is 6.92 Å². The molecular formula is C8H12N4O4. The number of nitrogens with one attached hydrogen (secondary N) is 1. The Morgan fingerprint density at radius 1 is 1.62 bits per heavy atom. The maximum absolute atomic E-state index is 11.3. The predicted octanol–water partition coefficient (Wildman–Crippen LogP) is -1.20. The van der Waals surface area contributed by atoms with E-state index in [1.54, 1.807) is 6.92 Å². The third-order valence-electron chi connectivity index (χ3n) is 1.72. The molecule has 1 heterocycles. The van der Waals surface area contributed by atoms with Gasteiger partial charge in [-0.25, -0.2) is 0 Å². The maximum atomic E-state index is 11.3. The Balaban J connectivity index is 2.37. The molecule has 8 nitrogen and oxygen atoms in total. The van der Waals surface area contributed by atoms with Gasteiger partial charge in [0.1, 0.15) is 0 Å². The molecule has 1 atom stereocenters. The molecule has 88 valence electrons. The van der Waals surface area contributed by atoms with E-state index in [4.69, 9.17) is 10.8 Å². The van der Waals surface area contributed by atoms with Crippen LogP contribution in [0.15, 0.2) is 4.52 Å². The summed E-state index contributed by atoms with van der Waals surface area (Å²) >= 11 is 0. The Labute approximate surface area is 90.8 Å². The molecule has 0 saturated carbocycles. The average Bonchev–Trinajstić information content (AvgIpc) is 2.59. The van der Waals surface area contributed by atoms with Crippen molar-refractivity contribution in [2.45, 2.75) is 25.9 Å². The minimum absolute atomic E-state index is 0.0590. The summed E-state index contributed by atoms with van der Waals surface area (Å²) in [5.74, 6) is -0.990. The van der Waals surface area contributed by atoms with Crippen LogP contribution in [-0.2, 0) is 16.1 Å². The summed E-state index contributed by atoms with van der Waals surface area (Å²) in [4.78, 5) is 25.4. The highest BCUT2D eigenvalue weighted by atomic mass is 16.5. The molecular weight excluding hydrogens is 216 g/mol. The molecule has 8 heteroatoms. The fourth-order valence-electron chi connectivity index (χ4n) is 0.991. The van der Waals surface area contributed by atoms with Crippen LogP contribution in [0, 0.1) is 6.92 Å². The molecule has 0 spiro atoms. The number of carboxylic acids is 1. The van der Waals surface area contributed by atoms with Gasteiger partial charge in [-0.3, -0.25) is 9.59 Å². The van der Waals surface area contributed by atoms with Crippen LogP contribution in [0.2, 0.25) is 0 Å². The Kier molecular flexibility index (Phi) is 3.95. The lowest BCUT2D eigenvalue weighted by Crippen LogP contribution is -2.41. The number of carbonyl (C=O) groups excluding carboxylic acids is 1. The van der Waals surface area contributed by atoms with E-state index in [9.17, 15) is 9.59 Å². The van der Waals surface area contributed by atoms with Crippen molar-refractivity contribution in [1.29, 1.82) is 0 Å². The van der Waals surface area contributed by atoms with Crippen molar-refractivity contribution in [2.24, 2.45) is 5.73 Å². The van der Waals surface area contributed by atoms with Gasteiger partial charge >= 0.3 is 5.97 Å². The minimum atomic E-state index is -1.13. The number of aryl methyl sites for hydroxylation is 1. The van der Waals surface area contributed by atoms with E-state index in [0.29, 0.717) is 11.7 Å². The molecule has 0 fully saturated rings. The third-order valence-corrected chi connectivity index (χ3v) is 1.72. The molecule has 1 unspecified atom stereocenters. The van der Waals surface area contributed by atoms with E-state index >= 15 is 0 Å². The highest BCUT2D eigenvalue weighted by Gasteiger charge is 2.17. The molecule has 1 aromatic heterocycles. The summed E-state index contributed by atoms with van der Waals surface area (Å²) in [7, 11) is 0. The van der Waals surface area contributed by atoms with Crippen molar-refractivity contribution in [2.75, 3.05) is 0 Å². The molecule has 1 rings (SSSR count). The molecule has 0 aliphatic carbocycles. The average molecular weight is 228 g/mol. The number of amides is 1. The van der Waals surface area contributed by atoms with Crippen LogP contribution in [0.25, 0.3) is 0 Å². The first-order valence-electron chi connectivity index (χ1n) is 4.53. The zero-order valence-corrected chi connectivity index (χ0v) is 8.64. The van der Waals surface area contributed by atoms with Crippen LogP contribution >= 0.6 is 0 Å². The van der Waals surface area contributed by atoms with Gasteiger partial charge in [-0.1, -0.05) is 5.16 Å². The molecule has 1 aromatic rings. The van der Waals surface area contributed by atoms with Crippen LogP contribution < -0.4 is 11.1 Å². The highest BCUT2D eigenvalue weighted by Crippen LogP contribution is 1.95. The molecule has 0 aromatic carbocycles. The Bertz CT molecular complexity index is 389. The number of rotatable bonds is 5. The Morgan fingerprint density at radius 2 is 2.31 bits per heavy atom. The molecule has 0 saturated heterocycles. The number of carbonyl (C=O) groups is 2. The van der Waals surface area contributed by atoms with E-state index < -0.39 is 24.3 Å². The summed E-state index contributed by atoms with van der Waals surface area (Å²) in [6.45, 7) is 1.68. The van der Waals surface area contributed by atoms with Gasteiger partial charge in [-0.15, -0.1) is 0 Å². The summed E-state index contributed by atoms with van der Waals surface area (Å²) in [5, 5.41) is 14.4. The topological polar surface area (TPSA) is 131 Å². The molecule has 4 N–H and O–H groups in total. The van der Waals surface area contributed by atoms with Crippen molar-refractivity contribution in [3.8, 4) is 0 Å². The number of hydrogen-bond donors (Lipinski definition) is 3. The van der Waals surface area contributed by atoms with Crippen molar-refractivity contribution < 1.29 is 19.2 Å². The number of aromatic nitrogens is 2. The van der Waals surface area contributed by atoms with Gasteiger partial charge in [0.2, 0.25) is 11.8 Å². The van der Waals surface area contributed by atoms with Crippen LogP contribution in [0.3, 0.4) is 0 Å². The lowest BCUT2D eigenvalue weighted by atomic mass is 10.2. The lowest BCUT2D eigenvalue weighted by Gasteiger charge is -2.07. The fraction of sp³-hybridized carbons (Fsp3) is 0.500. The highest BCUT2D eigenvalue weighted by molar-refractivity contribution is 5.85. The second-order valence-corrected chi connectivity index (χ2v) is 3.15. The van der Waals surface area contributed by atoms with Crippen molar-refractivity contribution in [3.63, 3.8) is 0 Å². The standard InChI is InChI=1S/C8H12N4O4/c1-4-11-6(12-16-4)3-10-8(15)5(9)2-7(13)14/h5H,2-3,9H2,1H3,(H,10,15)(H,13,14). The molecule has 16 heavy (non-hydrogen) atoms. The van der Waals surface area contributed by atoms with Gasteiger partial charge in [0.05, 0.1) is 19.0 Å². The number of aliphatic carboxylic acids is 1. The van der Waals surface area contributed by atoms with Gasteiger partial charge in [-0.05, 0) is 0 Å². The SMILES string of the molecule is Cc1nc(CNC(=O)C(N)CC(=O)O)no1. The number of nitrogens with zero attached hydrogens (tertiary/aromatic N) is 2. The number of hydrogen-bond acceptors (Lipinski definition) is 6. The Morgan fingerprint density at radius 3 is 2.81 bits per heavy atom. The fourth-order valence-corrected chi connectivity index (χ4v) is 0.991. The van der Waals surface area contributed by atoms with E-state index in [-0.39, 0.29) is 6.54 Å². The summed E-state index contributed by atoms with van der Waals surface area (Å²) < 4.78 is 4.68. The molecule has 0 radical (unpaired) electrons. The summed E-state index contributed by atoms with van der Waals surface area (Å²) in [5.41, 5.74) is 5.33. The van der Waals surface area contributed by atoms with Crippen LogP contribution in [0.4, 0.5) is 0 Å². The summed E-state index contributed by atoms with van der Waals surface area (Å²) in [6, 6.07) is -1.08. The quantitative estimate of drug-likeness (QED) is 0.576. The number of carboxylic acid groups (broad SMARTS) is 1. The van der Waals surface area contributed by atoms with Gasteiger partial charge in [-0.2, -0.15) is 4.98 Å². The van der Waals surface area contributed by atoms with Crippen LogP contribution in [0.5, 0.6) is 0 Å². The summed E-state index contributed by atoms with van der Waals surface area (Å²) in [6.07, 6.45) is -0.420. The van der Waals surface area contributed by atoms with Crippen LogP contribution in [0.1, 0.15) is 18.1 Å². The predicted molar refractivity (Wildman–Crippen MR) is 51.1 cm³/mol. The van der Waals surface area contributed by atoms with E-state index in [1.807, 2.05) is 0 Å². The largest absolute Gasteiger partial charge is 0.481 e.